The zero-order chi connectivity index (χ0) is 3.54. The van der Waals surface area contributed by atoms with Gasteiger partial charge in [0.25, 0.3) is 0 Å². The van der Waals surface area contributed by atoms with E-state index in [0.717, 1.165) is 0 Å². The summed E-state index contributed by atoms with van der Waals surface area (Å²) in [7, 11) is 0. The van der Waals surface area contributed by atoms with Crippen molar-refractivity contribution in [2.45, 2.75) is 0 Å². The molecule has 5 heavy (non-hydrogen) atoms. The van der Waals surface area contributed by atoms with E-state index < -0.39 is 0 Å². The third-order valence-corrected chi connectivity index (χ3v) is 15.0. The Morgan fingerprint density at radius 1 is 1.60 bits per heavy atom. The minimum absolute atomic E-state index is 0.0200. The van der Waals surface area contributed by atoms with Gasteiger partial charge in [-0.15, -0.1) is 0 Å². The predicted octanol–water partition coefficient (Wildman–Crippen LogP) is -0.701. The van der Waals surface area contributed by atoms with Crippen LogP contribution >= 0.6 is 0 Å². The topological polar surface area (TPSA) is 12.0 Å². The molecule has 0 spiro atoms. The van der Waals surface area contributed by atoms with Gasteiger partial charge in [0.2, 0.25) is 0 Å². The zero-order valence-electron chi connectivity index (χ0n) is 2.81. The van der Waals surface area contributed by atoms with E-state index in [1.54, 1.807) is 0 Å². The number of nitrogens with one attached hydrogen (secondary N) is 1. The first-order valence-corrected chi connectivity index (χ1v) is 19.8. The van der Waals surface area contributed by atoms with E-state index in [4.69, 9.17) is 0 Å². The monoisotopic (exact) mass is 271 g/mol. The summed E-state index contributed by atoms with van der Waals surface area (Å²) >= 11 is 0.109. The van der Waals surface area contributed by atoms with E-state index in [1.165, 1.54) is 0 Å². The fraction of sp³-hybridized carbons (Fsp3) is 0. The number of hydrogen-bond acceptors (Lipinski definition) is 1. The van der Waals surface area contributed by atoms with Gasteiger partial charge < -0.3 is 0 Å². The summed E-state index contributed by atoms with van der Waals surface area (Å²) in [6.07, 6.45) is 2.16. The Morgan fingerprint density at radius 2 is 2.60 bits per heavy atom. The summed E-state index contributed by atoms with van der Waals surface area (Å²) in [5, 5.41) is 0. The first-order valence-electron chi connectivity index (χ1n) is 1.58. The first kappa shape index (κ1) is 4.44. The number of rotatable bonds is 0. The molecule has 0 unspecified atom stereocenters. The van der Waals surface area contributed by atoms with Crippen molar-refractivity contribution in [2.75, 3.05) is 0 Å². The van der Waals surface area contributed by atoms with Gasteiger partial charge in [-0.3, -0.25) is 0 Å². The molecule has 0 amide bonds. The summed E-state index contributed by atoms with van der Waals surface area (Å²) in [5.74, 6) is 0. The van der Waals surface area contributed by atoms with E-state index in [2.05, 4.69) is 13.3 Å². The van der Waals surface area contributed by atoms with Crippen molar-refractivity contribution in [1.82, 2.24) is 3.30 Å². The molecule has 1 rings (SSSR count). The molecule has 0 aliphatic carbocycles. The van der Waals surface area contributed by atoms with E-state index >= 15 is 0 Å². The normalized spacial score (nSPS) is 12.8. The Labute approximate surface area is 48.2 Å². The molecular formula is C2H3In2N. The van der Waals surface area contributed by atoms with Gasteiger partial charge in [0, 0.05) is 0 Å². The molecule has 0 saturated heterocycles. The minimum atomic E-state index is 0.0200. The van der Waals surface area contributed by atoms with Gasteiger partial charge in [-0.05, 0) is 0 Å². The van der Waals surface area contributed by atoms with Crippen LogP contribution in [-0.4, -0.2) is 35.5 Å². The number of hydrogen-bond donors (Lipinski definition) is 1. The molecule has 3 heteroatoms. The van der Waals surface area contributed by atoms with Crippen LogP contribution in [0.3, 0.4) is 0 Å². The van der Waals surface area contributed by atoms with Gasteiger partial charge in [-0.2, -0.15) is 0 Å². The summed E-state index contributed by atoms with van der Waals surface area (Å²) in [6, 6.07) is 0. The van der Waals surface area contributed by atoms with Crippen molar-refractivity contribution in [3.05, 3.63) is 10.0 Å². The summed E-state index contributed by atoms with van der Waals surface area (Å²) in [4.78, 5) is 0. The second kappa shape index (κ2) is 2.45. The summed E-state index contributed by atoms with van der Waals surface area (Å²) < 4.78 is 5.72. The molecule has 1 aliphatic heterocycles. The average molecular weight is 271 g/mol. The van der Waals surface area contributed by atoms with Crippen molar-refractivity contribution in [1.29, 1.82) is 0 Å². The second-order valence-electron chi connectivity index (χ2n) is 0.885. The third-order valence-electron chi connectivity index (χ3n) is 0.496. The predicted molar refractivity (Wildman–Crippen MR) is 23.8 cm³/mol. The van der Waals surface area contributed by atoms with Gasteiger partial charge in [0.1, 0.15) is 0 Å². The molecule has 22 valence electrons. The molecule has 1 heterocycles. The fourth-order valence-electron chi connectivity index (χ4n) is 0.278. The molecule has 0 atom stereocenters. The maximum atomic E-state index is 3.32. The zero-order valence-corrected chi connectivity index (χ0v) is 9.40. The van der Waals surface area contributed by atoms with Gasteiger partial charge >= 0.3 is 48.8 Å². The van der Waals surface area contributed by atoms with Crippen molar-refractivity contribution < 1.29 is 0 Å². The van der Waals surface area contributed by atoms with Crippen molar-refractivity contribution >= 4 is 35.5 Å². The molecule has 1 nitrogen and oxygen atoms in total. The Balaban J connectivity index is 2.61. The quantitative estimate of drug-likeness (QED) is 0.614. The van der Waals surface area contributed by atoms with Crippen LogP contribution in [0.15, 0.2) is 10.0 Å². The van der Waals surface area contributed by atoms with Gasteiger partial charge in [-0.1, -0.05) is 0 Å². The summed E-state index contributed by atoms with van der Waals surface area (Å²) in [5.41, 5.74) is 0. The molecular weight excluding hydrogens is 268 g/mol. The Kier molecular flexibility index (Phi) is 2.18. The molecule has 0 bridgehead atoms. The molecule has 0 radical (unpaired) electrons. The molecule has 1 N–H and O–H groups in total. The molecule has 0 aromatic rings. The Bertz CT molecular complexity index is 65.7. The van der Waals surface area contributed by atoms with Gasteiger partial charge in [0.15, 0.2) is 0 Å². The van der Waals surface area contributed by atoms with E-state index in [1.807, 2.05) is 0 Å². The van der Waals surface area contributed by atoms with Crippen molar-refractivity contribution in [3.8, 4) is 0 Å². The van der Waals surface area contributed by atoms with E-state index in [0.29, 0.717) is 0 Å². The van der Waals surface area contributed by atoms with Crippen LogP contribution in [0.5, 0.6) is 0 Å². The maximum absolute atomic E-state index is 3.32. The first-order chi connectivity index (χ1) is 2.50. The van der Waals surface area contributed by atoms with E-state index in [-0.39, 0.29) is 35.5 Å². The second-order valence-corrected chi connectivity index (χ2v) is 18.7. The molecule has 0 aromatic heterocycles. The SMILES string of the molecule is C1=[CH][In]=[In][NH]1. The molecule has 1 aliphatic rings. The standard InChI is InChI=1S/C2H3N.2In/c1-2-3;;/h1-3H;;/q-1;;+1. The Morgan fingerprint density at radius 3 is 2.80 bits per heavy atom. The van der Waals surface area contributed by atoms with Crippen LogP contribution in [-0.2, 0) is 0 Å². The fourth-order valence-corrected chi connectivity index (χ4v) is 12.5. The van der Waals surface area contributed by atoms with Crippen LogP contribution in [0.1, 0.15) is 0 Å². The van der Waals surface area contributed by atoms with Crippen LogP contribution in [0.4, 0.5) is 0 Å². The van der Waals surface area contributed by atoms with Crippen LogP contribution in [0, 0.1) is 0 Å². The summed E-state index contributed by atoms with van der Waals surface area (Å²) in [6.45, 7) is 0. The van der Waals surface area contributed by atoms with Gasteiger partial charge in [0.05, 0.1) is 0 Å². The third kappa shape index (κ3) is 1.44. The molecule has 0 aromatic carbocycles. The van der Waals surface area contributed by atoms with E-state index in [9.17, 15) is 0 Å². The average Bonchev–Trinajstić information content (AvgIpc) is 1.76. The van der Waals surface area contributed by atoms with Crippen molar-refractivity contribution in [3.63, 3.8) is 0 Å². The van der Waals surface area contributed by atoms with Crippen LogP contribution in [0.25, 0.3) is 0 Å². The Hall–Kier alpha value is 1.28. The molecule has 0 fully saturated rings. The molecule has 0 saturated carbocycles. The van der Waals surface area contributed by atoms with Crippen LogP contribution in [0.2, 0.25) is 0 Å². The van der Waals surface area contributed by atoms with Gasteiger partial charge in [-0.25, -0.2) is 0 Å². The van der Waals surface area contributed by atoms with Crippen molar-refractivity contribution in [2.24, 2.45) is 0 Å². The van der Waals surface area contributed by atoms with Crippen LogP contribution < -0.4 is 3.30 Å².